The third-order valence-electron chi connectivity index (χ3n) is 2.93. The summed E-state index contributed by atoms with van der Waals surface area (Å²) in [7, 11) is 0. The summed E-state index contributed by atoms with van der Waals surface area (Å²) >= 11 is 0. The Bertz CT molecular complexity index is 541. The zero-order valence-electron chi connectivity index (χ0n) is 12.6. The third-order valence-corrected chi connectivity index (χ3v) is 2.93. The standard InChI is InChI=1S/C17H22N2O/c1-12(2)18-10-15-5-6-17(19-11-15)20-16-8-13(3)7-14(4)9-16/h5-9,11-12,18H,10H2,1-4H3. The molecule has 0 fully saturated rings. The fraction of sp³-hybridized carbons (Fsp3) is 0.353. The van der Waals surface area contributed by atoms with Gasteiger partial charge in [0, 0.05) is 24.8 Å². The van der Waals surface area contributed by atoms with Crippen molar-refractivity contribution in [1.82, 2.24) is 10.3 Å². The van der Waals surface area contributed by atoms with E-state index in [1.165, 1.54) is 11.1 Å². The molecule has 2 aromatic rings. The number of aromatic nitrogens is 1. The van der Waals surface area contributed by atoms with Crippen LogP contribution in [0.25, 0.3) is 0 Å². The highest BCUT2D eigenvalue weighted by molar-refractivity contribution is 5.35. The highest BCUT2D eigenvalue weighted by Gasteiger charge is 2.02. The number of rotatable bonds is 5. The van der Waals surface area contributed by atoms with Gasteiger partial charge in [-0.25, -0.2) is 4.98 Å². The van der Waals surface area contributed by atoms with Crippen LogP contribution in [0.4, 0.5) is 0 Å². The molecule has 0 atom stereocenters. The summed E-state index contributed by atoms with van der Waals surface area (Å²) in [5.74, 6) is 1.46. The number of hydrogen-bond donors (Lipinski definition) is 1. The van der Waals surface area contributed by atoms with Gasteiger partial charge in [-0.3, -0.25) is 0 Å². The smallest absolute Gasteiger partial charge is 0.219 e. The van der Waals surface area contributed by atoms with Crippen molar-refractivity contribution in [3.63, 3.8) is 0 Å². The summed E-state index contributed by atoms with van der Waals surface area (Å²) in [6.07, 6.45) is 1.85. The first-order valence-corrected chi connectivity index (χ1v) is 6.97. The van der Waals surface area contributed by atoms with E-state index in [4.69, 9.17) is 4.74 Å². The predicted molar refractivity (Wildman–Crippen MR) is 82.2 cm³/mol. The van der Waals surface area contributed by atoms with Crippen LogP contribution < -0.4 is 10.1 Å². The first-order valence-electron chi connectivity index (χ1n) is 6.97. The first-order chi connectivity index (χ1) is 9.52. The van der Waals surface area contributed by atoms with E-state index in [1.807, 2.05) is 30.5 Å². The molecule has 1 heterocycles. The van der Waals surface area contributed by atoms with Crippen molar-refractivity contribution in [3.8, 4) is 11.6 Å². The molecular formula is C17H22N2O. The molecule has 0 aliphatic rings. The maximum absolute atomic E-state index is 5.79. The third kappa shape index (κ3) is 4.35. The van der Waals surface area contributed by atoms with Gasteiger partial charge in [-0.15, -0.1) is 0 Å². The molecule has 0 bridgehead atoms. The Hall–Kier alpha value is -1.87. The van der Waals surface area contributed by atoms with Gasteiger partial charge in [0.2, 0.25) is 5.88 Å². The number of nitrogens with zero attached hydrogens (tertiary/aromatic N) is 1. The average Bonchev–Trinajstić information content (AvgIpc) is 2.36. The van der Waals surface area contributed by atoms with Gasteiger partial charge < -0.3 is 10.1 Å². The number of benzene rings is 1. The van der Waals surface area contributed by atoms with Crippen molar-refractivity contribution in [2.24, 2.45) is 0 Å². The largest absolute Gasteiger partial charge is 0.439 e. The van der Waals surface area contributed by atoms with E-state index in [0.29, 0.717) is 11.9 Å². The molecule has 0 saturated heterocycles. The monoisotopic (exact) mass is 270 g/mol. The van der Waals surface area contributed by atoms with Crippen LogP contribution >= 0.6 is 0 Å². The molecule has 0 radical (unpaired) electrons. The van der Waals surface area contributed by atoms with E-state index in [9.17, 15) is 0 Å². The Morgan fingerprint density at radius 1 is 1.10 bits per heavy atom. The Kier molecular flexibility index (Phi) is 4.74. The number of aryl methyl sites for hydroxylation is 2. The predicted octanol–water partition coefficient (Wildman–Crippen LogP) is 3.99. The first kappa shape index (κ1) is 14.5. The minimum absolute atomic E-state index is 0.473. The van der Waals surface area contributed by atoms with Gasteiger partial charge in [0.15, 0.2) is 0 Å². The molecule has 0 spiro atoms. The van der Waals surface area contributed by atoms with Crippen LogP contribution in [0.2, 0.25) is 0 Å². The van der Waals surface area contributed by atoms with Crippen molar-refractivity contribution in [3.05, 3.63) is 53.2 Å². The molecule has 0 amide bonds. The van der Waals surface area contributed by atoms with E-state index in [0.717, 1.165) is 17.9 Å². The van der Waals surface area contributed by atoms with Gasteiger partial charge in [0.05, 0.1) is 0 Å². The zero-order valence-corrected chi connectivity index (χ0v) is 12.6. The summed E-state index contributed by atoms with van der Waals surface area (Å²) in [6, 6.07) is 10.6. The second kappa shape index (κ2) is 6.53. The molecule has 1 aromatic heterocycles. The number of ether oxygens (including phenoxy) is 1. The van der Waals surface area contributed by atoms with Gasteiger partial charge in [0.1, 0.15) is 5.75 Å². The van der Waals surface area contributed by atoms with E-state index in [1.54, 1.807) is 0 Å². The summed E-state index contributed by atoms with van der Waals surface area (Å²) in [5.41, 5.74) is 3.54. The van der Waals surface area contributed by atoms with Gasteiger partial charge in [-0.05, 0) is 42.7 Å². The van der Waals surface area contributed by atoms with E-state index in [2.05, 4.69) is 44.1 Å². The second-order valence-electron chi connectivity index (χ2n) is 5.47. The van der Waals surface area contributed by atoms with Gasteiger partial charge >= 0.3 is 0 Å². The maximum Gasteiger partial charge on any atom is 0.219 e. The molecule has 0 saturated carbocycles. The van der Waals surface area contributed by atoms with Crippen LogP contribution in [0.3, 0.4) is 0 Å². The fourth-order valence-electron chi connectivity index (χ4n) is 2.01. The van der Waals surface area contributed by atoms with Gasteiger partial charge in [-0.2, -0.15) is 0 Å². The molecule has 20 heavy (non-hydrogen) atoms. The van der Waals surface area contributed by atoms with Crippen molar-refractivity contribution in [1.29, 1.82) is 0 Å². The summed E-state index contributed by atoms with van der Waals surface area (Å²) in [4.78, 5) is 4.35. The molecule has 1 N–H and O–H groups in total. The number of nitrogens with one attached hydrogen (secondary N) is 1. The van der Waals surface area contributed by atoms with Crippen molar-refractivity contribution in [2.75, 3.05) is 0 Å². The molecule has 1 aromatic carbocycles. The van der Waals surface area contributed by atoms with Crippen molar-refractivity contribution < 1.29 is 4.74 Å². The topological polar surface area (TPSA) is 34.1 Å². The molecule has 3 heteroatoms. The lowest BCUT2D eigenvalue weighted by Gasteiger charge is -2.09. The van der Waals surface area contributed by atoms with E-state index in [-0.39, 0.29) is 0 Å². The summed E-state index contributed by atoms with van der Waals surface area (Å²) in [5, 5.41) is 3.37. The van der Waals surface area contributed by atoms with Gasteiger partial charge in [0.25, 0.3) is 0 Å². The molecule has 0 aliphatic carbocycles. The molecule has 3 nitrogen and oxygen atoms in total. The zero-order chi connectivity index (χ0) is 14.5. The van der Waals surface area contributed by atoms with Crippen LogP contribution in [-0.2, 0) is 6.54 Å². The summed E-state index contributed by atoms with van der Waals surface area (Å²) in [6.45, 7) is 9.21. The number of hydrogen-bond acceptors (Lipinski definition) is 3. The maximum atomic E-state index is 5.79. The van der Waals surface area contributed by atoms with E-state index < -0.39 is 0 Å². The molecule has 0 unspecified atom stereocenters. The molecule has 0 aliphatic heterocycles. The quantitative estimate of drug-likeness (QED) is 0.892. The molecule has 106 valence electrons. The highest BCUT2D eigenvalue weighted by Crippen LogP contribution is 2.22. The fourth-order valence-corrected chi connectivity index (χ4v) is 2.01. The van der Waals surface area contributed by atoms with E-state index >= 15 is 0 Å². The van der Waals surface area contributed by atoms with Crippen LogP contribution in [-0.4, -0.2) is 11.0 Å². The van der Waals surface area contributed by atoms with Crippen LogP contribution in [0.1, 0.15) is 30.5 Å². The lowest BCUT2D eigenvalue weighted by molar-refractivity contribution is 0.461. The molecule has 2 rings (SSSR count). The average molecular weight is 270 g/mol. The highest BCUT2D eigenvalue weighted by atomic mass is 16.5. The Balaban J connectivity index is 2.03. The SMILES string of the molecule is Cc1cc(C)cc(Oc2ccc(CNC(C)C)cn2)c1. The lowest BCUT2D eigenvalue weighted by Crippen LogP contribution is -2.21. The normalized spacial score (nSPS) is 10.8. The van der Waals surface area contributed by atoms with Crippen molar-refractivity contribution >= 4 is 0 Å². The Morgan fingerprint density at radius 2 is 1.80 bits per heavy atom. The Morgan fingerprint density at radius 3 is 2.35 bits per heavy atom. The minimum atomic E-state index is 0.473. The van der Waals surface area contributed by atoms with Gasteiger partial charge in [-0.1, -0.05) is 26.0 Å². The Labute approximate surface area is 121 Å². The summed E-state index contributed by atoms with van der Waals surface area (Å²) < 4.78 is 5.79. The van der Waals surface area contributed by atoms with Crippen LogP contribution in [0.5, 0.6) is 11.6 Å². The minimum Gasteiger partial charge on any atom is -0.439 e. The van der Waals surface area contributed by atoms with Crippen LogP contribution in [0, 0.1) is 13.8 Å². The van der Waals surface area contributed by atoms with Crippen molar-refractivity contribution in [2.45, 2.75) is 40.3 Å². The molecular weight excluding hydrogens is 248 g/mol. The van der Waals surface area contributed by atoms with Crippen LogP contribution in [0.15, 0.2) is 36.5 Å². The second-order valence-corrected chi connectivity index (χ2v) is 5.47. The lowest BCUT2D eigenvalue weighted by atomic mass is 10.1. The number of pyridine rings is 1.